The number of ether oxygens (including phenoxy) is 1. The average molecular weight is 305 g/mol. The highest BCUT2D eigenvalue weighted by atomic mass is 35.5. The fourth-order valence-electron chi connectivity index (χ4n) is 2.30. The molecule has 2 N–H and O–H groups in total. The molecule has 0 bridgehead atoms. The van der Waals surface area contributed by atoms with E-state index >= 15 is 0 Å². The van der Waals surface area contributed by atoms with Crippen LogP contribution in [0.25, 0.3) is 0 Å². The molecule has 1 saturated heterocycles. The third-order valence-electron chi connectivity index (χ3n) is 3.37. The van der Waals surface area contributed by atoms with E-state index in [1.54, 1.807) is 6.92 Å². The van der Waals surface area contributed by atoms with Gasteiger partial charge in [0.2, 0.25) is 0 Å². The highest BCUT2D eigenvalue weighted by Crippen LogP contribution is 2.27. The summed E-state index contributed by atoms with van der Waals surface area (Å²) in [5, 5.41) is 18.8. The molecule has 112 valence electrons. The molecule has 0 aromatic carbocycles. The van der Waals surface area contributed by atoms with E-state index in [0.717, 1.165) is 4.57 Å². The van der Waals surface area contributed by atoms with Crippen LogP contribution in [0.3, 0.4) is 0 Å². The van der Waals surface area contributed by atoms with Crippen LogP contribution in [0.5, 0.6) is 0 Å². The number of hydrogen-bond donors (Lipinski definition) is 2. The molecule has 1 aliphatic heterocycles. The van der Waals surface area contributed by atoms with E-state index in [4.69, 9.17) is 21.4 Å². The van der Waals surface area contributed by atoms with Crippen molar-refractivity contribution in [3.8, 4) is 0 Å². The Kier molecular flexibility index (Phi) is 4.64. The standard InChI is InChI=1S/C12H17ClN2O5/c1-7-5-15(10-4-8(17)9(6-16)20-10)12(19)14(3-2-13)11(7)18/h5,8-10,16-17H,2-4,6H2,1H3/t8-,9+,10+/m0/s1. The minimum atomic E-state index is -0.842. The summed E-state index contributed by atoms with van der Waals surface area (Å²) in [6.45, 7) is 1.38. The van der Waals surface area contributed by atoms with Crippen LogP contribution >= 0.6 is 11.6 Å². The van der Waals surface area contributed by atoms with Gasteiger partial charge in [0.15, 0.2) is 0 Å². The Balaban J connectivity index is 2.43. The van der Waals surface area contributed by atoms with Crippen LogP contribution in [0.2, 0.25) is 0 Å². The molecule has 2 heterocycles. The molecule has 3 atom stereocenters. The predicted molar refractivity (Wildman–Crippen MR) is 72.0 cm³/mol. The third-order valence-corrected chi connectivity index (χ3v) is 3.54. The summed E-state index contributed by atoms with van der Waals surface area (Å²) in [5.74, 6) is 0.145. The van der Waals surface area contributed by atoms with Crippen molar-refractivity contribution in [1.82, 2.24) is 9.13 Å². The molecular formula is C12H17ClN2O5. The quantitative estimate of drug-likeness (QED) is 0.710. The van der Waals surface area contributed by atoms with Crippen molar-refractivity contribution >= 4 is 11.6 Å². The van der Waals surface area contributed by atoms with E-state index in [9.17, 15) is 14.7 Å². The smallest absolute Gasteiger partial charge is 0.333 e. The first kappa shape index (κ1) is 15.2. The van der Waals surface area contributed by atoms with Gasteiger partial charge in [-0.15, -0.1) is 11.6 Å². The Labute approximate surface area is 120 Å². The Morgan fingerprint density at radius 2 is 2.20 bits per heavy atom. The summed E-state index contributed by atoms with van der Waals surface area (Å²) in [7, 11) is 0. The van der Waals surface area contributed by atoms with E-state index in [-0.39, 0.29) is 31.0 Å². The van der Waals surface area contributed by atoms with E-state index in [0.29, 0.717) is 5.56 Å². The summed E-state index contributed by atoms with van der Waals surface area (Å²) >= 11 is 5.60. The zero-order chi connectivity index (χ0) is 14.9. The van der Waals surface area contributed by atoms with Crippen LogP contribution in [-0.2, 0) is 11.3 Å². The number of aryl methyl sites for hydroxylation is 1. The van der Waals surface area contributed by atoms with Crippen molar-refractivity contribution in [2.24, 2.45) is 0 Å². The maximum atomic E-state index is 12.3. The molecule has 1 aliphatic rings. The zero-order valence-corrected chi connectivity index (χ0v) is 11.8. The van der Waals surface area contributed by atoms with Gasteiger partial charge in [0.1, 0.15) is 12.3 Å². The summed E-state index contributed by atoms with van der Waals surface area (Å²) in [5.41, 5.74) is -0.526. The van der Waals surface area contributed by atoms with E-state index < -0.39 is 24.1 Å². The molecule has 0 spiro atoms. The lowest BCUT2D eigenvalue weighted by Crippen LogP contribution is -2.42. The first-order chi connectivity index (χ1) is 9.49. The molecular weight excluding hydrogens is 288 g/mol. The number of aliphatic hydroxyl groups excluding tert-OH is 2. The van der Waals surface area contributed by atoms with Gasteiger partial charge in [-0.2, -0.15) is 0 Å². The fraction of sp³-hybridized carbons (Fsp3) is 0.667. The lowest BCUT2D eigenvalue weighted by atomic mass is 10.2. The summed E-state index contributed by atoms with van der Waals surface area (Å²) < 4.78 is 7.74. The lowest BCUT2D eigenvalue weighted by Gasteiger charge is -2.17. The zero-order valence-electron chi connectivity index (χ0n) is 11.0. The largest absolute Gasteiger partial charge is 0.394 e. The van der Waals surface area contributed by atoms with Gasteiger partial charge >= 0.3 is 5.69 Å². The van der Waals surface area contributed by atoms with Gasteiger partial charge < -0.3 is 14.9 Å². The second-order valence-corrected chi connectivity index (χ2v) is 5.14. The monoisotopic (exact) mass is 304 g/mol. The second kappa shape index (κ2) is 6.09. The van der Waals surface area contributed by atoms with E-state index in [1.807, 2.05) is 0 Å². The Hall–Kier alpha value is -1.15. The first-order valence-electron chi connectivity index (χ1n) is 6.32. The van der Waals surface area contributed by atoms with Gasteiger partial charge in [-0.05, 0) is 6.92 Å². The van der Waals surface area contributed by atoms with Crippen LogP contribution in [0.15, 0.2) is 15.8 Å². The molecule has 0 saturated carbocycles. The van der Waals surface area contributed by atoms with Gasteiger partial charge in [-0.25, -0.2) is 4.79 Å². The number of halogens is 1. The Morgan fingerprint density at radius 3 is 2.75 bits per heavy atom. The van der Waals surface area contributed by atoms with Crippen molar-refractivity contribution in [1.29, 1.82) is 0 Å². The van der Waals surface area contributed by atoms with Crippen LogP contribution in [-0.4, -0.2) is 44.0 Å². The van der Waals surface area contributed by atoms with Crippen LogP contribution in [0, 0.1) is 6.92 Å². The Morgan fingerprint density at radius 1 is 1.50 bits per heavy atom. The predicted octanol–water partition coefficient (Wildman–Crippen LogP) is -0.802. The SMILES string of the molecule is Cc1cn([C@H]2C[C@H](O)[C@@H](CO)O2)c(=O)n(CCCl)c1=O. The lowest BCUT2D eigenvalue weighted by molar-refractivity contribution is -0.0463. The molecule has 0 amide bonds. The molecule has 0 radical (unpaired) electrons. The van der Waals surface area contributed by atoms with Crippen molar-refractivity contribution < 1.29 is 14.9 Å². The number of alkyl halides is 1. The molecule has 1 aromatic rings. The van der Waals surface area contributed by atoms with Crippen molar-refractivity contribution in [3.63, 3.8) is 0 Å². The van der Waals surface area contributed by atoms with E-state index in [2.05, 4.69) is 0 Å². The number of aliphatic hydroxyl groups is 2. The molecule has 7 nitrogen and oxygen atoms in total. The third kappa shape index (κ3) is 2.67. The summed E-state index contributed by atoms with van der Waals surface area (Å²) in [6, 6.07) is 0. The second-order valence-electron chi connectivity index (χ2n) is 4.76. The van der Waals surface area contributed by atoms with Crippen LogP contribution in [0.4, 0.5) is 0 Å². The molecule has 0 unspecified atom stereocenters. The molecule has 20 heavy (non-hydrogen) atoms. The maximum Gasteiger partial charge on any atom is 0.333 e. The first-order valence-corrected chi connectivity index (χ1v) is 6.86. The Bertz CT molecular complexity index is 596. The molecule has 0 aliphatic carbocycles. The summed E-state index contributed by atoms with van der Waals surface area (Å²) in [6.07, 6.45) is -0.669. The number of rotatable bonds is 4. The minimum absolute atomic E-state index is 0.111. The normalized spacial score (nSPS) is 26.1. The molecule has 1 fully saturated rings. The van der Waals surface area contributed by atoms with Gasteiger partial charge in [-0.1, -0.05) is 0 Å². The van der Waals surface area contributed by atoms with Gasteiger partial charge in [0, 0.05) is 30.6 Å². The fourth-order valence-corrected chi connectivity index (χ4v) is 2.47. The molecule has 2 rings (SSSR count). The van der Waals surface area contributed by atoms with Gasteiger partial charge in [0.05, 0.1) is 12.7 Å². The number of nitrogens with zero attached hydrogens (tertiary/aromatic N) is 2. The van der Waals surface area contributed by atoms with E-state index in [1.165, 1.54) is 10.8 Å². The minimum Gasteiger partial charge on any atom is -0.394 e. The van der Waals surface area contributed by atoms with Gasteiger partial charge in [0.25, 0.3) is 5.56 Å². The van der Waals surface area contributed by atoms with Crippen molar-refractivity contribution in [2.75, 3.05) is 12.5 Å². The topological polar surface area (TPSA) is 93.7 Å². The van der Waals surface area contributed by atoms with Gasteiger partial charge in [-0.3, -0.25) is 13.9 Å². The molecule has 1 aromatic heterocycles. The highest BCUT2D eigenvalue weighted by molar-refractivity contribution is 6.17. The maximum absolute atomic E-state index is 12.3. The van der Waals surface area contributed by atoms with Crippen LogP contribution in [0.1, 0.15) is 18.2 Å². The van der Waals surface area contributed by atoms with Crippen LogP contribution < -0.4 is 11.2 Å². The van der Waals surface area contributed by atoms with Crippen molar-refractivity contribution in [3.05, 3.63) is 32.6 Å². The van der Waals surface area contributed by atoms with Crippen molar-refractivity contribution in [2.45, 2.75) is 38.3 Å². The average Bonchev–Trinajstić information content (AvgIpc) is 2.80. The number of aromatic nitrogens is 2. The molecule has 8 heteroatoms. The summed E-state index contributed by atoms with van der Waals surface area (Å²) in [4.78, 5) is 24.2. The highest BCUT2D eigenvalue weighted by Gasteiger charge is 2.35. The number of hydrogen-bond acceptors (Lipinski definition) is 5.